The Kier molecular flexibility index (Phi) is 6.18. The molecule has 0 aliphatic carbocycles. The standard InChI is InChI=1S/C47H29N5/c1-3-13-31(14-4-1)45-48-46(34-25-26-41-38(28-34)36-21-9-10-23-40(36)51(41)35-19-5-2-6-20-35)50-47(49-45)52-42-24-12-18-30-17-11-22-37(44(30)42)39-27-32-15-7-8-16-33(32)29-43(39)52/h1-29H. The maximum Gasteiger partial charge on any atom is 0.238 e. The first kappa shape index (κ1) is 28.7. The van der Waals surface area contributed by atoms with E-state index in [2.05, 4.69) is 167 Å². The molecule has 0 N–H and O–H groups in total. The van der Waals surface area contributed by atoms with Crippen molar-refractivity contribution in [3.8, 4) is 39.6 Å². The zero-order chi connectivity index (χ0) is 34.2. The SMILES string of the molecule is c1ccc(-c2nc(-c3ccc4c(c3)c3ccccc3n4-c3ccccc3)nc(N3c4cc5ccccc5cc4-c4cccc5cccc3c45)n2)cc1. The molecule has 1 aliphatic rings. The molecule has 1 aliphatic heterocycles. The average Bonchev–Trinajstić information content (AvgIpc) is 3.55. The second-order valence-corrected chi connectivity index (χ2v) is 13.3. The molecule has 8 aromatic carbocycles. The van der Waals surface area contributed by atoms with Crippen LogP contribution in [0.15, 0.2) is 176 Å². The smallest absolute Gasteiger partial charge is 0.238 e. The summed E-state index contributed by atoms with van der Waals surface area (Å²) in [6, 6.07) is 62.1. The van der Waals surface area contributed by atoms with Crippen LogP contribution < -0.4 is 4.90 Å². The zero-order valence-corrected chi connectivity index (χ0v) is 28.0. The molecule has 0 radical (unpaired) electrons. The Morgan fingerprint density at radius 3 is 1.87 bits per heavy atom. The maximum atomic E-state index is 5.34. The van der Waals surface area contributed by atoms with Gasteiger partial charge in [0.25, 0.3) is 0 Å². The van der Waals surface area contributed by atoms with E-state index >= 15 is 0 Å². The second-order valence-electron chi connectivity index (χ2n) is 13.3. The first-order valence-corrected chi connectivity index (χ1v) is 17.5. The Morgan fingerprint density at radius 1 is 0.385 bits per heavy atom. The molecule has 11 rings (SSSR count). The number of para-hydroxylation sites is 2. The average molecular weight is 664 g/mol. The lowest BCUT2D eigenvalue weighted by atomic mass is 9.90. The van der Waals surface area contributed by atoms with E-state index in [1.165, 1.54) is 27.1 Å². The molecule has 10 aromatic rings. The van der Waals surface area contributed by atoms with Gasteiger partial charge in [-0.05, 0) is 76.3 Å². The lowest BCUT2D eigenvalue weighted by molar-refractivity contribution is 1.02. The highest BCUT2D eigenvalue weighted by Gasteiger charge is 2.29. The molecule has 52 heavy (non-hydrogen) atoms. The van der Waals surface area contributed by atoms with Crippen LogP contribution in [0.5, 0.6) is 0 Å². The van der Waals surface area contributed by atoms with Crippen LogP contribution in [0, 0.1) is 0 Å². The number of hydrogen-bond acceptors (Lipinski definition) is 4. The highest BCUT2D eigenvalue weighted by Crippen LogP contribution is 2.51. The minimum atomic E-state index is 0.578. The minimum Gasteiger partial charge on any atom is -0.309 e. The van der Waals surface area contributed by atoms with E-state index in [1.54, 1.807) is 0 Å². The third-order valence-electron chi connectivity index (χ3n) is 10.3. The van der Waals surface area contributed by atoms with E-state index in [-0.39, 0.29) is 0 Å². The molecule has 0 spiro atoms. The van der Waals surface area contributed by atoms with Crippen molar-refractivity contribution in [2.45, 2.75) is 0 Å². The second kappa shape index (κ2) is 11.2. The van der Waals surface area contributed by atoms with Crippen LogP contribution in [0.2, 0.25) is 0 Å². The lowest BCUT2D eigenvalue weighted by Crippen LogP contribution is -2.18. The molecular formula is C47H29N5. The van der Waals surface area contributed by atoms with Gasteiger partial charge in [0.15, 0.2) is 11.6 Å². The van der Waals surface area contributed by atoms with Crippen LogP contribution >= 0.6 is 0 Å². The number of anilines is 3. The van der Waals surface area contributed by atoms with Gasteiger partial charge in [-0.25, -0.2) is 4.98 Å². The van der Waals surface area contributed by atoms with Crippen LogP contribution in [0.1, 0.15) is 0 Å². The molecule has 3 heterocycles. The van der Waals surface area contributed by atoms with E-state index in [9.17, 15) is 0 Å². The number of rotatable bonds is 4. The summed E-state index contributed by atoms with van der Waals surface area (Å²) >= 11 is 0. The molecule has 0 amide bonds. The van der Waals surface area contributed by atoms with Crippen LogP contribution in [0.3, 0.4) is 0 Å². The highest BCUT2D eigenvalue weighted by atomic mass is 15.3. The van der Waals surface area contributed by atoms with Crippen LogP contribution in [-0.2, 0) is 0 Å². The molecular weight excluding hydrogens is 635 g/mol. The van der Waals surface area contributed by atoms with Gasteiger partial charge in [-0.2, -0.15) is 9.97 Å². The normalized spacial score (nSPS) is 12.2. The third-order valence-corrected chi connectivity index (χ3v) is 10.3. The molecule has 0 atom stereocenters. The van der Waals surface area contributed by atoms with Crippen molar-refractivity contribution in [3.63, 3.8) is 0 Å². The Hall–Kier alpha value is -7.11. The first-order chi connectivity index (χ1) is 25.8. The van der Waals surface area contributed by atoms with Crippen molar-refractivity contribution >= 4 is 60.7 Å². The minimum absolute atomic E-state index is 0.578. The molecule has 5 heteroatoms. The van der Waals surface area contributed by atoms with Gasteiger partial charge in [0.2, 0.25) is 5.95 Å². The summed E-state index contributed by atoms with van der Waals surface area (Å²) in [7, 11) is 0. The Bertz CT molecular complexity index is 3020. The predicted octanol–water partition coefficient (Wildman–Crippen LogP) is 12.1. The molecule has 0 bridgehead atoms. The molecule has 0 saturated heterocycles. The fourth-order valence-electron chi connectivity index (χ4n) is 7.98. The van der Waals surface area contributed by atoms with E-state index in [0.29, 0.717) is 17.6 Å². The van der Waals surface area contributed by atoms with Gasteiger partial charge in [-0.3, -0.25) is 4.90 Å². The number of hydrogen-bond donors (Lipinski definition) is 0. The summed E-state index contributed by atoms with van der Waals surface area (Å²) in [6.45, 7) is 0. The van der Waals surface area contributed by atoms with Crippen molar-refractivity contribution in [2.24, 2.45) is 0 Å². The van der Waals surface area contributed by atoms with Crippen molar-refractivity contribution in [1.82, 2.24) is 19.5 Å². The van der Waals surface area contributed by atoms with Crippen molar-refractivity contribution < 1.29 is 0 Å². The summed E-state index contributed by atoms with van der Waals surface area (Å²) in [5.41, 5.74) is 9.74. The summed E-state index contributed by atoms with van der Waals surface area (Å²) in [5.74, 6) is 1.82. The summed E-state index contributed by atoms with van der Waals surface area (Å²) < 4.78 is 2.33. The van der Waals surface area contributed by atoms with Gasteiger partial charge < -0.3 is 4.57 Å². The highest BCUT2D eigenvalue weighted by molar-refractivity contribution is 6.15. The fraction of sp³-hybridized carbons (Fsp3) is 0. The van der Waals surface area contributed by atoms with Crippen molar-refractivity contribution in [1.29, 1.82) is 0 Å². The molecule has 2 aromatic heterocycles. The Morgan fingerprint density at radius 2 is 1.04 bits per heavy atom. The fourth-order valence-corrected chi connectivity index (χ4v) is 7.98. The Labute approximate surface area is 299 Å². The molecule has 0 saturated carbocycles. The molecule has 0 unspecified atom stereocenters. The largest absolute Gasteiger partial charge is 0.309 e. The van der Waals surface area contributed by atoms with Crippen LogP contribution in [-0.4, -0.2) is 19.5 Å². The lowest BCUT2D eigenvalue weighted by Gasteiger charge is -2.32. The topological polar surface area (TPSA) is 46.8 Å². The summed E-state index contributed by atoms with van der Waals surface area (Å²) in [5, 5.41) is 7.05. The predicted molar refractivity (Wildman–Crippen MR) is 214 cm³/mol. The number of benzene rings is 8. The molecule has 242 valence electrons. The monoisotopic (exact) mass is 663 g/mol. The summed E-state index contributed by atoms with van der Waals surface area (Å²) in [4.78, 5) is 18.0. The third kappa shape index (κ3) is 4.33. The van der Waals surface area contributed by atoms with Crippen LogP contribution in [0.25, 0.3) is 82.9 Å². The quantitative estimate of drug-likeness (QED) is 0.188. The van der Waals surface area contributed by atoms with E-state index < -0.39 is 0 Å². The number of fused-ring (bicyclic) bond motifs is 6. The number of nitrogens with zero attached hydrogens (tertiary/aromatic N) is 5. The Balaban J connectivity index is 1.18. The van der Waals surface area contributed by atoms with Gasteiger partial charge in [0, 0.05) is 38.5 Å². The summed E-state index contributed by atoms with van der Waals surface area (Å²) in [6.07, 6.45) is 0. The maximum absolute atomic E-state index is 5.34. The van der Waals surface area contributed by atoms with E-state index in [1.807, 2.05) is 18.2 Å². The van der Waals surface area contributed by atoms with E-state index in [0.717, 1.165) is 55.6 Å². The van der Waals surface area contributed by atoms with Crippen molar-refractivity contribution in [2.75, 3.05) is 4.90 Å². The van der Waals surface area contributed by atoms with Gasteiger partial charge in [-0.1, -0.05) is 121 Å². The van der Waals surface area contributed by atoms with Gasteiger partial charge in [0.1, 0.15) is 0 Å². The molecule has 0 fully saturated rings. The zero-order valence-electron chi connectivity index (χ0n) is 28.0. The van der Waals surface area contributed by atoms with Crippen molar-refractivity contribution in [3.05, 3.63) is 176 Å². The first-order valence-electron chi connectivity index (χ1n) is 17.5. The van der Waals surface area contributed by atoms with Crippen LogP contribution in [0.4, 0.5) is 17.3 Å². The van der Waals surface area contributed by atoms with Gasteiger partial charge in [-0.15, -0.1) is 0 Å². The van der Waals surface area contributed by atoms with Gasteiger partial charge in [0.05, 0.1) is 22.4 Å². The van der Waals surface area contributed by atoms with Gasteiger partial charge >= 0.3 is 0 Å². The number of aromatic nitrogens is 4. The van der Waals surface area contributed by atoms with E-state index in [4.69, 9.17) is 15.0 Å². The molecule has 5 nitrogen and oxygen atoms in total.